The van der Waals surface area contributed by atoms with Crippen LogP contribution in [0.4, 0.5) is 0 Å². The van der Waals surface area contributed by atoms with Gasteiger partial charge >= 0.3 is 340 Å². The minimum absolute atomic E-state index is 0.0777. The average Bonchev–Trinajstić information content (AvgIpc) is 3.45. The van der Waals surface area contributed by atoms with Crippen LogP contribution in [0.3, 0.4) is 0 Å². The Labute approximate surface area is 411 Å². The molecule has 0 aromatic heterocycles. The number of hydrogen-bond donors (Lipinski definition) is 3. The van der Waals surface area contributed by atoms with Crippen molar-refractivity contribution < 1.29 is 62.5 Å². The number of aliphatic hydroxyl groups is 3. The van der Waals surface area contributed by atoms with Gasteiger partial charge in [-0.1, -0.05) is 19.3 Å². The van der Waals surface area contributed by atoms with Crippen LogP contribution in [0.25, 0.3) is 0 Å². The second-order valence-corrected chi connectivity index (χ2v) is 31.5. The van der Waals surface area contributed by atoms with Gasteiger partial charge in [-0.25, -0.2) is 0 Å². The monoisotopic (exact) mass is 1160 g/mol. The van der Waals surface area contributed by atoms with Gasteiger partial charge in [0.2, 0.25) is 0 Å². The van der Waals surface area contributed by atoms with Crippen LogP contribution >= 0.6 is 0 Å². The van der Waals surface area contributed by atoms with Crippen molar-refractivity contribution in [1.82, 2.24) is 0 Å². The van der Waals surface area contributed by atoms with E-state index in [1.54, 1.807) is 0 Å². The van der Waals surface area contributed by atoms with Gasteiger partial charge in [0.25, 0.3) is 0 Å². The Morgan fingerprint density at radius 3 is 1.09 bits per heavy atom. The van der Waals surface area contributed by atoms with Crippen molar-refractivity contribution in [3.63, 3.8) is 0 Å². The Bertz CT molecular complexity index is 1580. The maximum atomic E-state index is 13.8. The van der Waals surface area contributed by atoms with Crippen molar-refractivity contribution >= 4 is 75.1 Å². The summed E-state index contributed by atoms with van der Waals surface area (Å²) in [5, 5.41) is 26.8. The Kier molecular flexibility index (Phi) is 33.8. The van der Waals surface area contributed by atoms with E-state index in [1.165, 1.54) is 9.88 Å². The van der Waals surface area contributed by atoms with Gasteiger partial charge in [0, 0.05) is 19.8 Å². The molecule has 2 aliphatic heterocycles. The van der Waals surface area contributed by atoms with Gasteiger partial charge in [-0.05, 0) is 19.3 Å². The number of rotatable bonds is 40. The summed E-state index contributed by atoms with van der Waals surface area (Å²) in [7, 11) is 0. The van der Waals surface area contributed by atoms with Crippen LogP contribution in [0.5, 0.6) is 0 Å². The van der Waals surface area contributed by atoms with Crippen molar-refractivity contribution in [2.24, 2.45) is 0 Å². The summed E-state index contributed by atoms with van der Waals surface area (Å²) in [5.41, 5.74) is 0.169. The number of hydrogen-bond acceptors (Lipinski definition) is 15. The van der Waals surface area contributed by atoms with Gasteiger partial charge in [-0.15, -0.1) is 0 Å². The number of aliphatic hydroxyl groups excluding tert-OH is 3. The fourth-order valence-corrected chi connectivity index (χ4v) is 16.5. The topological polar surface area (TPSA) is 218 Å². The quantitative estimate of drug-likeness (QED) is 0.0295. The zero-order valence-electron chi connectivity index (χ0n) is 40.9. The second kappa shape index (κ2) is 37.4. The fraction of sp³-hybridized carbons (Fsp3) is 0.760. The third-order valence-corrected chi connectivity index (χ3v) is 21.6. The van der Waals surface area contributed by atoms with Gasteiger partial charge in [-0.2, -0.15) is 0 Å². The molecule has 0 spiro atoms. The standard InChI is InChI=1S/3C16H28O5.2CH3.2Sn/c3*17-12-10-8-6-4-2-1-3-5-7-9-11-14(16(20)21)13-15(18)19;;;;/h3*13,17H,1-12H2,(H,18,19)(H,20,21);2*1H3;;/q;;;;;2*+3/p-6/b14-13-;;;;;;. The Morgan fingerprint density at radius 1 is 0.448 bits per heavy atom. The van der Waals surface area contributed by atoms with Crippen molar-refractivity contribution in [2.45, 2.75) is 222 Å². The van der Waals surface area contributed by atoms with E-state index in [4.69, 9.17) is 33.8 Å². The van der Waals surface area contributed by atoms with Gasteiger partial charge in [0.05, 0.1) is 0 Å². The molecule has 17 heteroatoms. The molecular weight excluding hydrogens is 1080 g/mol. The molecule has 0 aromatic rings. The van der Waals surface area contributed by atoms with Crippen LogP contribution in [-0.2, 0) is 47.2 Å². The van der Waals surface area contributed by atoms with E-state index in [2.05, 4.69) is 0 Å². The molecule has 0 saturated heterocycles. The second-order valence-electron chi connectivity index (χ2n) is 18.2. The van der Waals surface area contributed by atoms with E-state index in [9.17, 15) is 28.8 Å². The van der Waals surface area contributed by atoms with Crippen LogP contribution in [0, 0.1) is 0 Å². The third kappa shape index (κ3) is 29.3. The van der Waals surface area contributed by atoms with Gasteiger partial charge in [0.1, 0.15) is 0 Å². The van der Waals surface area contributed by atoms with E-state index in [0.29, 0.717) is 32.1 Å². The van der Waals surface area contributed by atoms with Crippen molar-refractivity contribution in [3.8, 4) is 0 Å². The third-order valence-electron chi connectivity index (χ3n) is 11.9. The Balaban J connectivity index is 2.00. The molecule has 0 aromatic carbocycles. The molecule has 382 valence electrons. The van der Waals surface area contributed by atoms with Crippen LogP contribution < -0.4 is 0 Å². The van der Waals surface area contributed by atoms with E-state index in [1.807, 2.05) is 0 Å². The molecule has 2 atom stereocenters. The van der Waals surface area contributed by atoms with Crippen LogP contribution in [-0.4, -0.2) is 110 Å². The molecule has 0 fully saturated rings. The summed E-state index contributed by atoms with van der Waals surface area (Å²) >= 11 is -10.4. The van der Waals surface area contributed by atoms with Crippen molar-refractivity contribution in [3.05, 3.63) is 34.9 Å². The van der Waals surface area contributed by atoms with Gasteiger partial charge in [0.15, 0.2) is 0 Å². The number of carbonyl (C=O) groups is 6. The summed E-state index contributed by atoms with van der Waals surface area (Å²) in [6, 6.07) is 0. The number of unbranched alkanes of at least 4 members (excludes halogenated alkanes) is 27. The molecule has 0 aliphatic carbocycles. The van der Waals surface area contributed by atoms with Crippen molar-refractivity contribution in [2.75, 3.05) is 19.8 Å². The first-order valence-electron chi connectivity index (χ1n) is 25.7. The molecule has 3 N–H and O–H groups in total. The summed E-state index contributed by atoms with van der Waals surface area (Å²) in [6.07, 6.45) is 33.1. The molecule has 2 rings (SSSR count). The molecule has 0 radical (unpaired) electrons. The first-order valence-corrected chi connectivity index (χ1v) is 38.4. The van der Waals surface area contributed by atoms with Crippen molar-refractivity contribution in [1.29, 1.82) is 0 Å². The first kappa shape index (κ1) is 60.6. The summed E-state index contributed by atoms with van der Waals surface area (Å²) in [5.74, 6) is -5.31. The zero-order chi connectivity index (χ0) is 49.0. The average molecular weight is 1160 g/mol. The molecule has 0 amide bonds. The normalized spacial score (nSPS) is 18.8. The molecule has 0 saturated carbocycles. The molecule has 0 bridgehead atoms. The van der Waals surface area contributed by atoms with E-state index in [0.717, 1.165) is 192 Å². The van der Waals surface area contributed by atoms with E-state index < -0.39 is 75.1 Å². The minimum atomic E-state index is -5.21. The molecule has 67 heavy (non-hydrogen) atoms. The molecular formula is C50H84O15Sn2. The SMILES string of the molecule is [CH3][Sn]1([O]C(=O)/C=C(/CCCCCCCCCCCCO)C(=O)[O][Sn]2([CH3])[O]C(=O)C=C(CCCCCCCCCCCCO)C(=O)[O]2)[O]C(=O)C=C(CCCCCCCCCCCCO)C(=O)[O]1. The number of carbonyl (C=O) groups excluding carboxylic acids is 6. The summed E-state index contributed by atoms with van der Waals surface area (Å²) in [4.78, 5) is 82.2. The first-order chi connectivity index (χ1) is 32.3. The maximum absolute atomic E-state index is 13.8. The zero-order valence-corrected chi connectivity index (χ0v) is 46.6. The van der Waals surface area contributed by atoms with Crippen LogP contribution in [0.2, 0.25) is 9.88 Å². The molecule has 2 heterocycles. The summed E-state index contributed by atoms with van der Waals surface area (Å²) < 4.78 is 33.6. The van der Waals surface area contributed by atoms with Crippen LogP contribution in [0.15, 0.2) is 34.9 Å². The predicted molar refractivity (Wildman–Crippen MR) is 258 cm³/mol. The predicted octanol–water partition coefficient (Wildman–Crippen LogP) is 10.0. The molecule has 2 aliphatic rings. The van der Waals surface area contributed by atoms with Gasteiger partial charge < -0.3 is 15.3 Å². The van der Waals surface area contributed by atoms with E-state index >= 15 is 0 Å². The summed E-state index contributed by atoms with van der Waals surface area (Å²) in [6.45, 7) is 0.691. The fourth-order valence-electron chi connectivity index (χ4n) is 8.11. The molecule has 15 nitrogen and oxygen atoms in total. The Morgan fingerprint density at radius 2 is 0.746 bits per heavy atom. The molecule has 2 unspecified atom stereocenters. The Hall–Kier alpha value is -2.48. The van der Waals surface area contributed by atoms with E-state index in [-0.39, 0.29) is 43.0 Å². The van der Waals surface area contributed by atoms with Crippen LogP contribution in [0.1, 0.15) is 212 Å². The van der Waals surface area contributed by atoms with Gasteiger partial charge in [-0.3, -0.25) is 0 Å².